The van der Waals surface area contributed by atoms with Gasteiger partial charge in [-0.2, -0.15) is 0 Å². The summed E-state index contributed by atoms with van der Waals surface area (Å²) in [5, 5.41) is 2.87. The van der Waals surface area contributed by atoms with E-state index < -0.39 is 5.79 Å². The van der Waals surface area contributed by atoms with Crippen LogP contribution in [0.15, 0.2) is 36.7 Å². The van der Waals surface area contributed by atoms with Crippen LogP contribution >= 0.6 is 0 Å². The molecule has 3 heterocycles. The second-order valence-corrected chi connectivity index (χ2v) is 6.74. The van der Waals surface area contributed by atoms with E-state index in [1.807, 2.05) is 25.1 Å². The summed E-state index contributed by atoms with van der Waals surface area (Å²) in [6.07, 6.45) is 2.98. The lowest BCUT2D eigenvalue weighted by molar-refractivity contribution is -0.169. The fraction of sp³-hybridized carbons (Fsp3) is 0.450. The molecule has 1 N–H and O–H groups in total. The average molecular weight is 384 g/mol. The summed E-state index contributed by atoms with van der Waals surface area (Å²) in [7, 11) is 0. The number of hydrogen-bond acceptors (Lipinski definition) is 7. The molecule has 2 aliphatic rings. The maximum atomic E-state index is 12.7. The third-order valence-corrected chi connectivity index (χ3v) is 4.98. The molecule has 1 aromatic carbocycles. The second kappa shape index (κ2) is 8.12. The fourth-order valence-corrected chi connectivity index (χ4v) is 3.54. The van der Waals surface area contributed by atoms with E-state index in [0.717, 1.165) is 31.7 Å². The lowest BCUT2D eigenvalue weighted by Gasteiger charge is -2.38. The number of ether oxygens (including phenoxy) is 3. The van der Waals surface area contributed by atoms with Crippen molar-refractivity contribution in [3.63, 3.8) is 0 Å². The van der Waals surface area contributed by atoms with Crippen molar-refractivity contribution in [3.8, 4) is 5.75 Å². The zero-order valence-electron chi connectivity index (χ0n) is 15.9. The van der Waals surface area contributed by atoms with Crippen LogP contribution in [0.5, 0.6) is 5.75 Å². The van der Waals surface area contributed by atoms with Gasteiger partial charge in [0.25, 0.3) is 5.91 Å². The third kappa shape index (κ3) is 3.93. The largest absolute Gasteiger partial charge is 0.492 e. The Morgan fingerprint density at radius 3 is 2.71 bits per heavy atom. The van der Waals surface area contributed by atoms with E-state index in [4.69, 9.17) is 14.2 Å². The van der Waals surface area contributed by atoms with Gasteiger partial charge in [-0.1, -0.05) is 12.1 Å². The minimum atomic E-state index is -0.438. The molecule has 4 rings (SSSR count). The van der Waals surface area contributed by atoms with Gasteiger partial charge in [-0.15, -0.1) is 0 Å². The van der Waals surface area contributed by atoms with Crippen molar-refractivity contribution in [2.24, 2.45) is 0 Å². The molecule has 0 saturated carbocycles. The van der Waals surface area contributed by atoms with Crippen LogP contribution in [0.4, 0.5) is 11.5 Å². The highest BCUT2D eigenvalue weighted by Crippen LogP contribution is 2.32. The third-order valence-electron chi connectivity index (χ3n) is 4.98. The summed E-state index contributed by atoms with van der Waals surface area (Å²) in [5.41, 5.74) is 0.926. The van der Waals surface area contributed by atoms with E-state index >= 15 is 0 Å². The number of anilines is 2. The molecule has 2 aromatic rings. The van der Waals surface area contributed by atoms with Gasteiger partial charge in [0, 0.05) is 32.0 Å². The average Bonchev–Trinajstić information content (AvgIpc) is 3.18. The lowest BCUT2D eigenvalue weighted by atomic mass is 10.0. The molecule has 2 fully saturated rings. The van der Waals surface area contributed by atoms with Gasteiger partial charge in [-0.3, -0.25) is 4.79 Å². The number of nitrogens with one attached hydrogen (secondary N) is 1. The summed E-state index contributed by atoms with van der Waals surface area (Å²) >= 11 is 0. The van der Waals surface area contributed by atoms with Crippen molar-refractivity contribution in [1.82, 2.24) is 9.97 Å². The molecular formula is C20H24N4O4. The van der Waals surface area contributed by atoms with Crippen molar-refractivity contribution < 1.29 is 19.0 Å². The number of nitrogens with zero attached hydrogens (tertiary/aromatic N) is 3. The zero-order chi connectivity index (χ0) is 19.4. The number of rotatable bonds is 5. The van der Waals surface area contributed by atoms with Crippen molar-refractivity contribution >= 4 is 17.4 Å². The van der Waals surface area contributed by atoms with Crippen LogP contribution in [-0.2, 0) is 9.47 Å². The molecule has 0 radical (unpaired) electrons. The Balaban J connectivity index is 1.44. The first-order valence-corrected chi connectivity index (χ1v) is 9.57. The minimum Gasteiger partial charge on any atom is -0.492 e. The van der Waals surface area contributed by atoms with E-state index in [1.54, 1.807) is 12.1 Å². The summed E-state index contributed by atoms with van der Waals surface area (Å²) in [6, 6.07) is 9.05. The molecule has 0 unspecified atom stereocenters. The van der Waals surface area contributed by atoms with Crippen LogP contribution in [0.2, 0.25) is 0 Å². The molecule has 2 aliphatic heterocycles. The van der Waals surface area contributed by atoms with Gasteiger partial charge < -0.3 is 24.4 Å². The molecule has 8 nitrogen and oxygen atoms in total. The Morgan fingerprint density at radius 2 is 1.96 bits per heavy atom. The predicted octanol–water partition coefficient (Wildman–Crippen LogP) is 2.47. The topological polar surface area (TPSA) is 85.8 Å². The van der Waals surface area contributed by atoms with E-state index in [1.165, 1.54) is 6.33 Å². The van der Waals surface area contributed by atoms with Crippen LogP contribution in [0, 0.1) is 0 Å². The summed E-state index contributed by atoms with van der Waals surface area (Å²) in [5.74, 6) is 0.621. The van der Waals surface area contributed by atoms with E-state index in [0.29, 0.717) is 37.0 Å². The van der Waals surface area contributed by atoms with Crippen LogP contribution in [-0.4, -0.2) is 54.6 Å². The van der Waals surface area contributed by atoms with Gasteiger partial charge in [-0.05, 0) is 19.1 Å². The number of hydrogen-bond donors (Lipinski definition) is 1. The van der Waals surface area contributed by atoms with Gasteiger partial charge in [0.1, 0.15) is 23.6 Å². The first kappa shape index (κ1) is 18.6. The van der Waals surface area contributed by atoms with Crippen molar-refractivity contribution in [3.05, 3.63) is 42.4 Å². The molecule has 2 saturated heterocycles. The van der Waals surface area contributed by atoms with Gasteiger partial charge in [0.2, 0.25) is 0 Å². The monoisotopic (exact) mass is 384 g/mol. The van der Waals surface area contributed by atoms with E-state index in [9.17, 15) is 4.79 Å². The summed E-state index contributed by atoms with van der Waals surface area (Å²) in [6.45, 7) is 5.24. The highest BCUT2D eigenvalue weighted by molar-refractivity contribution is 6.04. The second-order valence-electron chi connectivity index (χ2n) is 6.74. The quantitative estimate of drug-likeness (QED) is 0.847. The number of benzene rings is 1. The highest BCUT2D eigenvalue weighted by atomic mass is 16.7. The van der Waals surface area contributed by atoms with Crippen molar-refractivity contribution in [1.29, 1.82) is 0 Å². The molecule has 148 valence electrons. The van der Waals surface area contributed by atoms with E-state index in [-0.39, 0.29) is 5.91 Å². The fourth-order valence-electron chi connectivity index (χ4n) is 3.54. The Labute approximate surface area is 163 Å². The van der Waals surface area contributed by atoms with Crippen LogP contribution in [0.3, 0.4) is 0 Å². The molecule has 1 aromatic heterocycles. The molecular weight excluding hydrogens is 360 g/mol. The molecule has 0 atom stereocenters. The number of aromatic nitrogens is 2. The summed E-state index contributed by atoms with van der Waals surface area (Å²) in [4.78, 5) is 23.3. The van der Waals surface area contributed by atoms with E-state index in [2.05, 4.69) is 20.2 Å². The Morgan fingerprint density at radius 1 is 1.21 bits per heavy atom. The number of carbonyl (C=O) groups excluding carboxylic acids is 1. The van der Waals surface area contributed by atoms with Crippen molar-refractivity contribution in [2.45, 2.75) is 25.6 Å². The van der Waals surface area contributed by atoms with Gasteiger partial charge >= 0.3 is 0 Å². The molecule has 0 bridgehead atoms. The molecule has 0 aliphatic carbocycles. The molecule has 28 heavy (non-hydrogen) atoms. The van der Waals surface area contributed by atoms with Crippen LogP contribution < -0.4 is 15.0 Å². The Hall–Kier alpha value is -2.71. The smallest absolute Gasteiger partial charge is 0.274 e. The molecule has 1 spiro atoms. The summed E-state index contributed by atoms with van der Waals surface area (Å²) < 4.78 is 17.1. The molecule has 1 amide bonds. The van der Waals surface area contributed by atoms with Gasteiger partial charge in [0.05, 0.1) is 25.5 Å². The first-order chi connectivity index (χ1) is 13.7. The number of carbonyl (C=O) groups is 1. The number of amides is 1. The van der Waals surface area contributed by atoms with Crippen molar-refractivity contribution in [2.75, 3.05) is 43.1 Å². The Kier molecular flexibility index (Phi) is 5.40. The number of para-hydroxylation sites is 2. The minimum absolute atomic E-state index is 0.299. The first-order valence-electron chi connectivity index (χ1n) is 9.57. The Bertz CT molecular complexity index is 828. The molecule has 8 heteroatoms. The van der Waals surface area contributed by atoms with Crippen LogP contribution in [0.25, 0.3) is 0 Å². The van der Waals surface area contributed by atoms with Gasteiger partial charge in [0.15, 0.2) is 5.79 Å². The number of piperidine rings is 1. The van der Waals surface area contributed by atoms with Crippen LogP contribution in [0.1, 0.15) is 30.3 Å². The van der Waals surface area contributed by atoms with Gasteiger partial charge in [-0.25, -0.2) is 9.97 Å². The normalized spacial score (nSPS) is 18.2. The zero-order valence-corrected chi connectivity index (χ0v) is 15.9. The standard InChI is InChI=1S/C20H24N4O4/c1-2-26-17-6-4-3-5-15(17)23-19(25)16-13-18(22-14-21-16)24-9-7-20(8-10-24)27-11-12-28-20/h3-6,13-14H,2,7-12H2,1H3,(H,23,25). The predicted molar refractivity (Wildman–Crippen MR) is 104 cm³/mol. The SMILES string of the molecule is CCOc1ccccc1NC(=O)c1cc(N2CCC3(CC2)OCCO3)ncn1. The maximum Gasteiger partial charge on any atom is 0.274 e. The highest BCUT2D eigenvalue weighted by Gasteiger charge is 2.40. The maximum absolute atomic E-state index is 12.7. The lowest BCUT2D eigenvalue weighted by Crippen LogP contribution is -2.45.